The molecule has 1 aromatic heterocycles. The lowest BCUT2D eigenvalue weighted by Gasteiger charge is -2.13. The molecule has 0 aliphatic heterocycles. The van der Waals surface area contributed by atoms with Crippen molar-refractivity contribution in [2.75, 3.05) is 12.4 Å². The Balaban J connectivity index is 2.06. The van der Waals surface area contributed by atoms with Gasteiger partial charge in [-0.1, -0.05) is 12.1 Å². The molecule has 0 saturated heterocycles. The van der Waals surface area contributed by atoms with E-state index < -0.39 is 5.97 Å². The van der Waals surface area contributed by atoms with Crippen molar-refractivity contribution in [3.05, 3.63) is 47.7 Å². The fourth-order valence-corrected chi connectivity index (χ4v) is 1.72. The van der Waals surface area contributed by atoms with Crippen molar-refractivity contribution < 1.29 is 19.1 Å². The molecule has 19 heavy (non-hydrogen) atoms. The van der Waals surface area contributed by atoms with Crippen LogP contribution in [0, 0.1) is 0 Å². The zero-order valence-corrected chi connectivity index (χ0v) is 10.7. The summed E-state index contributed by atoms with van der Waals surface area (Å²) in [7, 11) is 1.62. The number of carbonyl (C=O) groups is 1. The maximum absolute atomic E-state index is 10.7. The number of methoxy groups -OCH3 is 1. The van der Waals surface area contributed by atoms with Crippen LogP contribution in [0.4, 0.5) is 5.88 Å². The van der Waals surface area contributed by atoms with E-state index in [1.54, 1.807) is 13.2 Å². The molecule has 0 amide bonds. The Morgan fingerprint density at radius 3 is 2.47 bits per heavy atom. The van der Waals surface area contributed by atoms with Gasteiger partial charge < -0.3 is 19.6 Å². The monoisotopic (exact) mass is 261 g/mol. The van der Waals surface area contributed by atoms with Gasteiger partial charge in [-0.2, -0.15) is 0 Å². The van der Waals surface area contributed by atoms with Crippen molar-refractivity contribution in [1.82, 2.24) is 0 Å². The number of carboxylic acid groups (broad SMARTS) is 1. The number of aromatic carboxylic acids is 1. The predicted octanol–water partition coefficient (Wildman–Crippen LogP) is 3.16. The molecule has 2 N–H and O–H groups in total. The average Bonchev–Trinajstić information content (AvgIpc) is 2.87. The molecule has 5 nitrogen and oxygen atoms in total. The molecule has 0 radical (unpaired) electrons. The molecule has 2 aromatic rings. The number of ether oxygens (including phenoxy) is 1. The first-order chi connectivity index (χ1) is 9.10. The lowest BCUT2D eigenvalue weighted by atomic mass is 10.1. The van der Waals surface area contributed by atoms with E-state index in [-0.39, 0.29) is 11.8 Å². The number of carboxylic acids is 1. The molecule has 0 aliphatic rings. The summed E-state index contributed by atoms with van der Waals surface area (Å²) >= 11 is 0. The second-order valence-corrected chi connectivity index (χ2v) is 4.11. The number of hydrogen-bond donors (Lipinski definition) is 2. The second-order valence-electron chi connectivity index (χ2n) is 4.11. The summed E-state index contributed by atoms with van der Waals surface area (Å²) in [5, 5.41) is 11.9. The zero-order chi connectivity index (χ0) is 13.8. The normalized spacial score (nSPS) is 11.9. The molecule has 0 fully saturated rings. The van der Waals surface area contributed by atoms with Crippen LogP contribution in [-0.4, -0.2) is 18.2 Å². The third kappa shape index (κ3) is 3.07. The van der Waals surface area contributed by atoms with Crippen molar-refractivity contribution in [1.29, 1.82) is 0 Å². The SMILES string of the molecule is COc1ccc(C(C)Nc2ccc(C(=O)O)o2)cc1. The van der Waals surface area contributed by atoms with Crippen LogP contribution in [0.5, 0.6) is 5.75 Å². The van der Waals surface area contributed by atoms with Gasteiger partial charge in [0.25, 0.3) is 0 Å². The fraction of sp³-hybridized carbons (Fsp3) is 0.214. The average molecular weight is 261 g/mol. The largest absolute Gasteiger partial charge is 0.497 e. The molecule has 5 heteroatoms. The predicted molar refractivity (Wildman–Crippen MR) is 70.7 cm³/mol. The first kappa shape index (κ1) is 13.0. The highest BCUT2D eigenvalue weighted by Gasteiger charge is 2.11. The maximum Gasteiger partial charge on any atom is 0.371 e. The van der Waals surface area contributed by atoms with Crippen LogP contribution < -0.4 is 10.1 Å². The van der Waals surface area contributed by atoms with Gasteiger partial charge in [-0.3, -0.25) is 0 Å². The smallest absolute Gasteiger partial charge is 0.371 e. The van der Waals surface area contributed by atoms with Crippen LogP contribution in [0.1, 0.15) is 29.1 Å². The van der Waals surface area contributed by atoms with Crippen LogP contribution in [-0.2, 0) is 0 Å². The number of anilines is 1. The van der Waals surface area contributed by atoms with Crippen LogP contribution in [0.3, 0.4) is 0 Å². The number of furan rings is 1. The molecule has 100 valence electrons. The standard InChI is InChI=1S/C14H15NO4/c1-9(10-3-5-11(18-2)6-4-10)15-13-8-7-12(19-13)14(16)17/h3-9,15H,1-2H3,(H,16,17). The lowest BCUT2D eigenvalue weighted by Crippen LogP contribution is -2.05. The van der Waals surface area contributed by atoms with Gasteiger partial charge in [-0.25, -0.2) is 4.79 Å². The van der Waals surface area contributed by atoms with Crippen LogP contribution >= 0.6 is 0 Å². The van der Waals surface area contributed by atoms with Crippen LogP contribution in [0.25, 0.3) is 0 Å². The lowest BCUT2D eigenvalue weighted by molar-refractivity contribution is 0.0663. The van der Waals surface area contributed by atoms with Gasteiger partial charge >= 0.3 is 5.97 Å². The van der Waals surface area contributed by atoms with E-state index in [0.29, 0.717) is 5.88 Å². The summed E-state index contributed by atoms with van der Waals surface area (Å²) < 4.78 is 10.2. The molecule has 0 spiro atoms. The summed E-state index contributed by atoms with van der Waals surface area (Å²) in [6.45, 7) is 1.96. The maximum atomic E-state index is 10.7. The first-order valence-electron chi connectivity index (χ1n) is 5.84. The van der Waals surface area contributed by atoms with Crippen molar-refractivity contribution in [3.63, 3.8) is 0 Å². The van der Waals surface area contributed by atoms with E-state index in [1.165, 1.54) is 6.07 Å². The number of nitrogens with one attached hydrogen (secondary N) is 1. The van der Waals surface area contributed by atoms with Crippen molar-refractivity contribution in [3.8, 4) is 5.75 Å². The van der Waals surface area contributed by atoms with E-state index in [1.807, 2.05) is 31.2 Å². The van der Waals surface area contributed by atoms with Crippen molar-refractivity contribution in [2.45, 2.75) is 13.0 Å². The van der Waals surface area contributed by atoms with E-state index in [4.69, 9.17) is 14.3 Å². The topological polar surface area (TPSA) is 71.7 Å². The van der Waals surface area contributed by atoms with Gasteiger partial charge in [0.2, 0.25) is 5.76 Å². The van der Waals surface area contributed by atoms with E-state index in [9.17, 15) is 4.79 Å². The highest BCUT2D eigenvalue weighted by atomic mass is 16.5. The van der Waals surface area contributed by atoms with Gasteiger partial charge in [-0.05, 0) is 30.7 Å². The molecule has 2 rings (SSSR count). The third-order valence-electron chi connectivity index (χ3n) is 2.79. The van der Waals surface area contributed by atoms with Gasteiger partial charge in [0.1, 0.15) is 5.75 Å². The summed E-state index contributed by atoms with van der Waals surface area (Å²) in [6, 6.07) is 10.7. The molecular formula is C14H15NO4. The van der Waals surface area contributed by atoms with Crippen LogP contribution in [0.2, 0.25) is 0 Å². The van der Waals surface area contributed by atoms with Gasteiger partial charge in [0.05, 0.1) is 13.2 Å². The summed E-state index contributed by atoms with van der Waals surface area (Å²) in [4.78, 5) is 10.7. The van der Waals surface area contributed by atoms with Crippen molar-refractivity contribution in [2.24, 2.45) is 0 Å². The number of rotatable bonds is 5. The summed E-state index contributed by atoms with van der Waals surface area (Å²) in [6.07, 6.45) is 0. The Labute approximate surface area is 110 Å². The number of benzene rings is 1. The number of hydrogen-bond acceptors (Lipinski definition) is 4. The minimum absolute atomic E-state index is 0.00120. The third-order valence-corrected chi connectivity index (χ3v) is 2.79. The van der Waals surface area contributed by atoms with E-state index in [0.717, 1.165) is 11.3 Å². The first-order valence-corrected chi connectivity index (χ1v) is 5.84. The molecule has 0 aliphatic carbocycles. The van der Waals surface area contributed by atoms with E-state index in [2.05, 4.69) is 5.32 Å². The van der Waals surface area contributed by atoms with E-state index >= 15 is 0 Å². The zero-order valence-electron chi connectivity index (χ0n) is 10.7. The second kappa shape index (κ2) is 5.48. The molecule has 1 atom stereocenters. The molecular weight excluding hydrogens is 246 g/mol. The van der Waals surface area contributed by atoms with Gasteiger partial charge in [0.15, 0.2) is 5.88 Å². The molecule has 1 aromatic carbocycles. The Morgan fingerprint density at radius 2 is 1.95 bits per heavy atom. The minimum Gasteiger partial charge on any atom is -0.497 e. The Kier molecular flexibility index (Phi) is 3.75. The van der Waals surface area contributed by atoms with Gasteiger partial charge in [-0.15, -0.1) is 0 Å². The Morgan fingerprint density at radius 1 is 1.26 bits per heavy atom. The molecule has 1 heterocycles. The molecule has 1 unspecified atom stereocenters. The highest BCUT2D eigenvalue weighted by Crippen LogP contribution is 2.23. The Hall–Kier alpha value is -2.43. The minimum atomic E-state index is -1.08. The molecule has 0 bridgehead atoms. The molecule has 0 saturated carbocycles. The van der Waals surface area contributed by atoms with Crippen LogP contribution in [0.15, 0.2) is 40.8 Å². The Bertz CT molecular complexity index is 559. The summed E-state index contributed by atoms with van der Waals surface area (Å²) in [5.74, 6) is 0.0670. The fourth-order valence-electron chi connectivity index (χ4n) is 1.72. The van der Waals surface area contributed by atoms with Gasteiger partial charge in [0, 0.05) is 6.07 Å². The van der Waals surface area contributed by atoms with Crippen molar-refractivity contribution >= 4 is 11.9 Å². The highest BCUT2D eigenvalue weighted by molar-refractivity contribution is 5.84. The summed E-state index contributed by atoms with van der Waals surface area (Å²) in [5.41, 5.74) is 1.05. The quantitative estimate of drug-likeness (QED) is 0.865.